The van der Waals surface area contributed by atoms with Crippen molar-refractivity contribution in [3.63, 3.8) is 0 Å². The molecule has 0 aliphatic carbocycles. The Labute approximate surface area is 180 Å². The van der Waals surface area contributed by atoms with Gasteiger partial charge in [-0.2, -0.15) is 4.31 Å². The summed E-state index contributed by atoms with van der Waals surface area (Å²) in [5, 5.41) is 11.9. The average Bonchev–Trinajstić information content (AvgIpc) is 2.68. The standard InChI is InChI=1S/C21H25BrN2O4S/c1-15-12-16(9-11-25)8-10-24(15)29(27,28)20-7-2-4-17(13-20)21(26)23-19-6-3-5-18(22)14-19/h2-7,13-16,25H,8-12H2,1H3,(H,23,26). The minimum atomic E-state index is -3.70. The fourth-order valence-corrected chi connectivity index (χ4v) is 5.85. The zero-order chi connectivity index (χ0) is 21.0. The van der Waals surface area contributed by atoms with Gasteiger partial charge < -0.3 is 10.4 Å². The molecule has 2 atom stereocenters. The van der Waals surface area contributed by atoms with Gasteiger partial charge in [0.1, 0.15) is 0 Å². The van der Waals surface area contributed by atoms with Crippen LogP contribution in [0, 0.1) is 5.92 Å². The number of nitrogens with zero attached hydrogens (tertiary/aromatic N) is 1. The van der Waals surface area contributed by atoms with Gasteiger partial charge in [0.05, 0.1) is 4.90 Å². The molecule has 0 saturated carbocycles. The number of amides is 1. The van der Waals surface area contributed by atoms with Gasteiger partial charge in [-0.15, -0.1) is 0 Å². The lowest BCUT2D eigenvalue weighted by Crippen LogP contribution is -2.44. The molecule has 2 aromatic carbocycles. The van der Waals surface area contributed by atoms with Crippen molar-refractivity contribution in [2.45, 2.75) is 37.1 Å². The molecular formula is C21H25BrN2O4S. The summed E-state index contributed by atoms with van der Waals surface area (Å²) in [5.41, 5.74) is 0.908. The molecule has 1 aliphatic rings. The lowest BCUT2D eigenvalue weighted by Gasteiger charge is -2.36. The molecule has 1 saturated heterocycles. The molecule has 29 heavy (non-hydrogen) atoms. The van der Waals surface area contributed by atoms with Crippen LogP contribution in [-0.2, 0) is 10.0 Å². The maximum atomic E-state index is 13.2. The van der Waals surface area contributed by atoms with Gasteiger partial charge in [-0.05, 0) is 68.5 Å². The SMILES string of the molecule is CC1CC(CCO)CCN1S(=O)(=O)c1cccc(C(=O)Nc2cccc(Br)c2)c1. The fraction of sp³-hybridized carbons (Fsp3) is 0.381. The first-order valence-corrected chi connectivity index (χ1v) is 11.8. The summed E-state index contributed by atoms with van der Waals surface area (Å²) in [6, 6.07) is 13.2. The van der Waals surface area contributed by atoms with Gasteiger partial charge in [0.25, 0.3) is 5.91 Å². The Balaban J connectivity index is 1.78. The highest BCUT2D eigenvalue weighted by atomic mass is 79.9. The van der Waals surface area contributed by atoms with Gasteiger partial charge in [-0.25, -0.2) is 8.42 Å². The second kappa shape index (κ2) is 9.38. The number of nitrogens with one attached hydrogen (secondary N) is 1. The lowest BCUT2D eigenvalue weighted by atomic mass is 9.91. The van der Waals surface area contributed by atoms with E-state index in [1.807, 2.05) is 19.1 Å². The average molecular weight is 481 g/mol. The molecular weight excluding hydrogens is 456 g/mol. The largest absolute Gasteiger partial charge is 0.396 e. The lowest BCUT2D eigenvalue weighted by molar-refractivity contribution is 0.102. The van der Waals surface area contributed by atoms with Crippen molar-refractivity contribution in [1.82, 2.24) is 4.31 Å². The van der Waals surface area contributed by atoms with Gasteiger partial charge in [0.15, 0.2) is 0 Å². The molecule has 0 bridgehead atoms. The van der Waals surface area contributed by atoms with E-state index in [0.717, 1.165) is 17.3 Å². The van der Waals surface area contributed by atoms with Crippen molar-refractivity contribution in [2.24, 2.45) is 5.92 Å². The van der Waals surface area contributed by atoms with Crippen LogP contribution in [0.2, 0.25) is 0 Å². The molecule has 2 unspecified atom stereocenters. The summed E-state index contributed by atoms with van der Waals surface area (Å²) in [5.74, 6) is -0.0291. The van der Waals surface area contributed by atoms with Crippen LogP contribution >= 0.6 is 15.9 Å². The van der Waals surface area contributed by atoms with E-state index in [-0.39, 0.29) is 29.0 Å². The molecule has 1 amide bonds. The Morgan fingerprint density at radius 2 is 2.00 bits per heavy atom. The Morgan fingerprint density at radius 1 is 1.24 bits per heavy atom. The third-order valence-corrected chi connectivity index (χ3v) is 7.75. The van der Waals surface area contributed by atoms with Gasteiger partial charge in [-0.1, -0.05) is 28.1 Å². The van der Waals surface area contributed by atoms with Crippen LogP contribution in [0.15, 0.2) is 57.9 Å². The first-order valence-electron chi connectivity index (χ1n) is 9.61. The molecule has 0 aromatic heterocycles. The number of hydrogen-bond acceptors (Lipinski definition) is 4. The minimum Gasteiger partial charge on any atom is -0.396 e. The number of piperidine rings is 1. The van der Waals surface area contributed by atoms with E-state index in [4.69, 9.17) is 5.11 Å². The highest BCUT2D eigenvalue weighted by molar-refractivity contribution is 9.10. The summed E-state index contributed by atoms with van der Waals surface area (Å²) in [6.07, 6.45) is 2.15. The number of hydrogen-bond donors (Lipinski definition) is 2. The van der Waals surface area contributed by atoms with E-state index in [1.54, 1.807) is 24.3 Å². The monoisotopic (exact) mass is 480 g/mol. The predicted octanol–water partition coefficient (Wildman–Crippen LogP) is 3.87. The zero-order valence-electron chi connectivity index (χ0n) is 16.2. The van der Waals surface area contributed by atoms with E-state index in [1.165, 1.54) is 16.4 Å². The minimum absolute atomic E-state index is 0.117. The molecule has 0 radical (unpaired) electrons. The number of aliphatic hydroxyl groups excluding tert-OH is 1. The molecule has 156 valence electrons. The van der Waals surface area contributed by atoms with Crippen molar-refractivity contribution in [1.29, 1.82) is 0 Å². The van der Waals surface area contributed by atoms with Gasteiger partial charge in [-0.3, -0.25) is 4.79 Å². The molecule has 1 heterocycles. The second-order valence-corrected chi connectivity index (χ2v) is 10.2. The fourth-order valence-electron chi connectivity index (χ4n) is 3.75. The number of rotatable bonds is 6. The number of sulfonamides is 1. The molecule has 3 rings (SSSR count). The number of benzene rings is 2. The Kier molecular flexibility index (Phi) is 7.10. The van der Waals surface area contributed by atoms with Crippen LogP contribution in [-0.4, -0.2) is 42.9 Å². The maximum Gasteiger partial charge on any atom is 0.255 e. The van der Waals surface area contributed by atoms with Crippen molar-refractivity contribution in [3.05, 3.63) is 58.6 Å². The van der Waals surface area contributed by atoms with Crippen molar-refractivity contribution in [2.75, 3.05) is 18.5 Å². The smallest absolute Gasteiger partial charge is 0.255 e. The van der Waals surface area contributed by atoms with Crippen molar-refractivity contribution in [3.8, 4) is 0 Å². The molecule has 2 aromatic rings. The van der Waals surface area contributed by atoms with Crippen LogP contribution in [0.3, 0.4) is 0 Å². The summed E-state index contributed by atoms with van der Waals surface area (Å²) < 4.78 is 28.7. The number of anilines is 1. The number of aliphatic hydroxyl groups is 1. The van der Waals surface area contributed by atoms with E-state index in [2.05, 4.69) is 21.2 Å². The quantitative estimate of drug-likeness (QED) is 0.656. The first kappa shape index (κ1) is 22.0. The van der Waals surface area contributed by atoms with Crippen LogP contribution < -0.4 is 5.32 Å². The van der Waals surface area contributed by atoms with Crippen molar-refractivity contribution < 1.29 is 18.3 Å². The molecule has 2 N–H and O–H groups in total. The molecule has 0 spiro atoms. The third kappa shape index (κ3) is 5.25. The Hall–Kier alpha value is -1.74. The maximum absolute atomic E-state index is 13.2. The molecule has 1 aliphatic heterocycles. The van der Waals surface area contributed by atoms with Gasteiger partial charge in [0.2, 0.25) is 10.0 Å². The summed E-state index contributed by atoms with van der Waals surface area (Å²) in [7, 11) is -3.70. The Bertz CT molecular complexity index is 980. The zero-order valence-corrected chi connectivity index (χ0v) is 18.6. The van der Waals surface area contributed by atoms with Crippen LogP contribution in [0.5, 0.6) is 0 Å². The first-order chi connectivity index (χ1) is 13.8. The Morgan fingerprint density at radius 3 is 2.69 bits per heavy atom. The molecule has 6 nitrogen and oxygen atoms in total. The van der Waals surface area contributed by atoms with E-state index < -0.39 is 10.0 Å². The topological polar surface area (TPSA) is 86.7 Å². The normalized spacial score (nSPS) is 20.4. The number of carbonyl (C=O) groups excluding carboxylic acids is 1. The second-order valence-electron chi connectivity index (χ2n) is 7.36. The van der Waals surface area contributed by atoms with Crippen LogP contribution in [0.25, 0.3) is 0 Å². The van der Waals surface area contributed by atoms with Crippen LogP contribution in [0.1, 0.15) is 36.5 Å². The highest BCUT2D eigenvalue weighted by Crippen LogP contribution is 2.30. The van der Waals surface area contributed by atoms with E-state index in [0.29, 0.717) is 24.6 Å². The third-order valence-electron chi connectivity index (χ3n) is 5.25. The molecule has 8 heteroatoms. The van der Waals surface area contributed by atoms with E-state index in [9.17, 15) is 13.2 Å². The van der Waals surface area contributed by atoms with Crippen LogP contribution in [0.4, 0.5) is 5.69 Å². The molecule has 1 fully saturated rings. The summed E-state index contributed by atoms with van der Waals surface area (Å²) >= 11 is 3.36. The van der Waals surface area contributed by atoms with Gasteiger partial charge >= 0.3 is 0 Å². The number of halogens is 1. The summed E-state index contributed by atoms with van der Waals surface area (Å²) in [6.45, 7) is 2.44. The van der Waals surface area contributed by atoms with Gasteiger partial charge in [0, 0.05) is 34.9 Å². The summed E-state index contributed by atoms with van der Waals surface area (Å²) in [4.78, 5) is 12.7. The van der Waals surface area contributed by atoms with Crippen molar-refractivity contribution >= 4 is 37.5 Å². The predicted molar refractivity (Wildman–Crippen MR) is 116 cm³/mol. The highest BCUT2D eigenvalue weighted by Gasteiger charge is 2.34. The van der Waals surface area contributed by atoms with E-state index >= 15 is 0 Å². The number of carbonyl (C=O) groups is 1.